The molecule has 6 nitrogen and oxygen atoms in total. The zero-order chi connectivity index (χ0) is 22.5. The maximum Gasteiger partial charge on any atom is 0.266 e. The molecule has 0 spiro atoms. The highest BCUT2D eigenvalue weighted by Crippen LogP contribution is 2.33. The summed E-state index contributed by atoms with van der Waals surface area (Å²) >= 11 is 7.69. The molecular weight excluding hydrogens is 488 g/mol. The number of para-hydroxylation sites is 1. The SMILES string of the molecule is Cc1c(Cl)ccc2sc(N(CCCN3CCOCC3)C(=O)COc3ccccc3F)nc12.Cl. The molecular formula is C23H26Cl2FN3O3S. The lowest BCUT2D eigenvalue weighted by Gasteiger charge is -2.27. The smallest absolute Gasteiger partial charge is 0.266 e. The summed E-state index contributed by atoms with van der Waals surface area (Å²) in [4.78, 5) is 21.8. The summed E-state index contributed by atoms with van der Waals surface area (Å²) in [6, 6.07) is 9.82. The van der Waals surface area contributed by atoms with Gasteiger partial charge in [-0.25, -0.2) is 9.37 Å². The first-order chi connectivity index (χ1) is 15.5. The Morgan fingerprint density at radius 1 is 1.27 bits per heavy atom. The Balaban J connectivity index is 0.00000306. The fraction of sp³-hybridized carbons (Fsp3) is 0.391. The van der Waals surface area contributed by atoms with Crippen LogP contribution in [0.2, 0.25) is 5.02 Å². The van der Waals surface area contributed by atoms with E-state index in [1.165, 1.54) is 23.5 Å². The first-order valence-corrected chi connectivity index (χ1v) is 11.8. The number of hydrogen-bond acceptors (Lipinski definition) is 6. The van der Waals surface area contributed by atoms with Crippen molar-refractivity contribution in [2.24, 2.45) is 0 Å². The number of nitrogens with zero attached hydrogens (tertiary/aromatic N) is 3. The Labute approximate surface area is 207 Å². The minimum Gasteiger partial charge on any atom is -0.481 e. The topological polar surface area (TPSA) is 54.9 Å². The van der Waals surface area contributed by atoms with Crippen LogP contribution in [-0.2, 0) is 9.53 Å². The third-order valence-corrected chi connectivity index (χ3v) is 6.87. The summed E-state index contributed by atoms with van der Waals surface area (Å²) in [7, 11) is 0. The number of thiazole rings is 1. The monoisotopic (exact) mass is 513 g/mol. The zero-order valence-electron chi connectivity index (χ0n) is 18.3. The molecule has 1 aliphatic heterocycles. The molecule has 4 rings (SSSR count). The summed E-state index contributed by atoms with van der Waals surface area (Å²) in [5.41, 5.74) is 1.67. The number of morpholine rings is 1. The molecule has 0 N–H and O–H groups in total. The molecule has 1 aromatic heterocycles. The average Bonchev–Trinajstić information content (AvgIpc) is 3.24. The third kappa shape index (κ3) is 6.33. The van der Waals surface area contributed by atoms with Gasteiger partial charge in [0.1, 0.15) is 0 Å². The summed E-state index contributed by atoms with van der Waals surface area (Å²) in [6.07, 6.45) is 0.779. The number of hydrogen-bond donors (Lipinski definition) is 0. The average molecular weight is 514 g/mol. The number of aromatic nitrogens is 1. The molecule has 2 aromatic carbocycles. The minimum atomic E-state index is -0.496. The van der Waals surface area contributed by atoms with Crippen LogP contribution in [0.5, 0.6) is 5.75 Å². The van der Waals surface area contributed by atoms with Crippen LogP contribution >= 0.6 is 35.3 Å². The fourth-order valence-electron chi connectivity index (χ4n) is 3.59. The van der Waals surface area contributed by atoms with Gasteiger partial charge in [-0.3, -0.25) is 14.6 Å². The van der Waals surface area contributed by atoms with E-state index in [0.717, 1.165) is 55.0 Å². The van der Waals surface area contributed by atoms with Crippen LogP contribution in [-0.4, -0.2) is 61.8 Å². The van der Waals surface area contributed by atoms with Crippen LogP contribution in [0.4, 0.5) is 9.52 Å². The molecule has 1 saturated heterocycles. The van der Waals surface area contributed by atoms with Crippen LogP contribution in [0.3, 0.4) is 0 Å². The van der Waals surface area contributed by atoms with Crippen LogP contribution in [0, 0.1) is 12.7 Å². The molecule has 178 valence electrons. The molecule has 33 heavy (non-hydrogen) atoms. The molecule has 0 bridgehead atoms. The van der Waals surface area contributed by atoms with Gasteiger partial charge in [-0.05, 0) is 43.2 Å². The van der Waals surface area contributed by atoms with E-state index in [-0.39, 0.29) is 30.7 Å². The molecule has 1 aliphatic rings. The van der Waals surface area contributed by atoms with Gasteiger partial charge in [-0.15, -0.1) is 12.4 Å². The molecule has 3 aromatic rings. The van der Waals surface area contributed by atoms with Crippen molar-refractivity contribution in [3.63, 3.8) is 0 Å². The van der Waals surface area contributed by atoms with Crippen molar-refractivity contribution in [1.82, 2.24) is 9.88 Å². The number of carbonyl (C=O) groups excluding carboxylic acids is 1. The standard InChI is InChI=1S/C23H25ClFN3O3S.ClH/c1-16-17(24)7-8-20-22(16)26-23(32-20)28(10-4-9-27-11-13-30-14-12-27)21(29)15-31-19-6-3-2-5-18(19)25;/h2-3,5-8H,4,9-15H2,1H3;1H. The lowest BCUT2D eigenvalue weighted by Crippen LogP contribution is -2.40. The number of rotatable bonds is 8. The second-order valence-electron chi connectivity index (χ2n) is 7.59. The summed E-state index contributed by atoms with van der Waals surface area (Å²) in [5.74, 6) is -0.705. The number of benzene rings is 2. The van der Waals surface area contributed by atoms with Gasteiger partial charge in [-0.1, -0.05) is 35.1 Å². The van der Waals surface area contributed by atoms with E-state index < -0.39 is 5.82 Å². The van der Waals surface area contributed by atoms with Crippen molar-refractivity contribution in [3.05, 3.63) is 52.8 Å². The Bertz CT molecular complexity index is 1090. The lowest BCUT2D eigenvalue weighted by atomic mass is 10.2. The molecule has 10 heteroatoms. The van der Waals surface area contributed by atoms with Gasteiger partial charge in [-0.2, -0.15) is 0 Å². The van der Waals surface area contributed by atoms with E-state index >= 15 is 0 Å². The molecule has 2 heterocycles. The molecule has 0 aliphatic carbocycles. The van der Waals surface area contributed by atoms with E-state index in [0.29, 0.717) is 16.7 Å². The molecule has 0 radical (unpaired) electrons. The quantitative estimate of drug-likeness (QED) is 0.426. The number of fused-ring (bicyclic) bond motifs is 1. The van der Waals surface area contributed by atoms with Crippen molar-refractivity contribution in [1.29, 1.82) is 0 Å². The van der Waals surface area contributed by atoms with E-state index in [1.54, 1.807) is 17.0 Å². The summed E-state index contributed by atoms with van der Waals surface area (Å²) in [5, 5.41) is 1.23. The summed E-state index contributed by atoms with van der Waals surface area (Å²) < 4.78 is 25.7. The maximum absolute atomic E-state index is 13.9. The normalized spacial score (nSPS) is 14.2. The van der Waals surface area contributed by atoms with Gasteiger partial charge in [0.2, 0.25) is 0 Å². The van der Waals surface area contributed by atoms with Gasteiger partial charge in [0, 0.05) is 31.2 Å². The van der Waals surface area contributed by atoms with E-state index in [1.807, 2.05) is 19.1 Å². The van der Waals surface area contributed by atoms with Crippen molar-refractivity contribution in [3.8, 4) is 5.75 Å². The molecule has 0 unspecified atom stereocenters. The third-order valence-electron chi connectivity index (χ3n) is 5.42. The van der Waals surface area contributed by atoms with Crippen LogP contribution in [0.15, 0.2) is 36.4 Å². The highest BCUT2D eigenvalue weighted by molar-refractivity contribution is 7.22. The first-order valence-electron chi connectivity index (χ1n) is 10.6. The van der Waals surface area contributed by atoms with E-state index in [9.17, 15) is 9.18 Å². The van der Waals surface area contributed by atoms with Gasteiger partial charge in [0.25, 0.3) is 5.91 Å². The molecule has 1 amide bonds. The number of carbonyl (C=O) groups is 1. The molecule has 0 saturated carbocycles. The maximum atomic E-state index is 13.9. The Kier molecular flexibility index (Phi) is 9.28. The predicted molar refractivity (Wildman–Crippen MR) is 133 cm³/mol. The van der Waals surface area contributed by atoms with Crippen molar-refractivity contribution in [2.45, 2.75) is 13.3 Å². The Hall–Kier alpha value is -1.97. The lowest BCUT2D eigenvalue weighted by molar-refractivity contribution is -0.120. The zero-order valence-corrected chi connectivity index (χ0v) is 20.6. The van der Waals surface area contributed by atoms with Gasteiger partial charge in [0.15, 0.2) is 23.3 Å². The number of anilines is 1. The number of aryl methyl sites for hydroxylation is 1. The van der Waals surface area contributed by atoms with Crippen LogP contribution in [0.25, 0.3) is 10.2 Å². The van der Waals surface area contributed by atoms with Gasteiger partial charge >= 0.3 is 0 Å². The number of ether oxygens (including phenoxy) is 2. The second kappa shape index (κ2) is 11.9. The van der Waals surface area contributed by atoms with Gasteiger partial charge < -0.3 is 9.47 Å². The number of halogens is 3. The molecule has 1 fully saturated rings. The van der Waals surface area contributed by atoms with Crippen molar-refractivity contribution >= 4 is 56.6 Å². The van der Waals surface area contributed by atoms with Crippen LogP contribution in [0.1, 0.15) is 12.0 Å². The van der Waals surface area contributed by atoms with Gasteiger partial charge in [0.05, 0.1) is 23.4 Å². The first kappa shape index (κ1) is 25.6. The Morgan fingerprint density at radius 3 is 2.79 bits per heavy atom. The van der Waals surface area contributed by atoms with Crippen molar-refractivity contribution in [2.75, 3.05) is 50.9 Å². The van der Waals surface area contributed by atoms with E-state index in [2.05, 4.69) is 4.90 Å². The highest BCUT2D eigenvalue weighted by Gasteiger charge is 2.22. The Morgan fingerprint density at radius 2 is 2.03 bits per heavy atom. The van der Waals surface area contributed by atoms with Crippen LogP contribution < -0.4 is 9.64 Å². The molecule has 0 atom stereocenters. The van der Waals surface area contributed by atoms with E-state index in [4.69, 9.17) is 26.1 Å². The summed E-state index contributed by atoms with van der Waals surface area (Å²) in [6.45, 7) is 6.25. The largest absolute Gasteiger partial charge is 0.481 e. The highest BCUT2D eigenvalue weighted by atomic mass is 35.5. The van der Waals surface area contributed by atoms with Crippen molar-refractivity contribution < 1.29 is 18.7 Å². The predicted octanol–water partition coefficient (Wildman–Crippen LogP) is 4.95. The second-order valence-corrected chi connectivity index (χ2v) is 9.00. The fourth-order valence-corrected chi connectivity index (χ4v) is 4.81. The minimum absolute atomic E-state index is 0. The number of amides is 1.